The van der Waals surface area contributed by atoms with Crippen molar-refractivity contribution < 1.29 is 8.61 Å². The molecular formula is CH3NO2Se. The van der Waals surface area contributed by atoms with E-state index in [1.807, 2.05) is 0 Å². The molecule has 0 fully saturated rings. The molecule has 0 aromatic heterocycles. The summed E-state index contributed by atoms with van der Waals surface area (Å²) in [4.78, 5) is 9.35. The number of carbonyl (C=O) groups is 1. The van der Waals surface area contributed by atoms with Crippen LogP contribution in [0.25, 0.3) is 0 Å². The average Bonchev–Trinajstić information content (AvgIpc) is 1.38. The van der Waals surface area contributed by atoms with Gasteiger partial charge in [-0.05, 0) is 0 Å². The summed E-state index contributed by atoms with van der Waals surface area (Å²) in [7, 11) is 0. The zero-order valence-electron chi connectivity index (χ0n) is 2.34. The minimum absolute atomic E-state index is 0.773. The van der Waals surface area contributed by atoms with Crippen LogP contribution in [0.2, 0.25) is 0 Å². The third-order valence-electron chi connectivity index (χ3n) is 0.0900. The maximum atomic E-state index is 9.35. The molecule has 30 valence electrons. The van der Waals surface area contributed by atoms with Gasteiger partial charge in [-0.15, -0.1) is 0 Å². The Kier molecular flexibility index (Phi) is 1.97. The maximum absolute atomic E-state index is 9.35. The van der Waals surface area contributed by atoms with E-state index in [2.05, 4.69) is 9.55 Å². The van der Waals surface area contributed by atoms with Crippen LogP contribution < -0.4 is 5.73 Å². The molecule has 0 atom stereocenters. The summed E-state index contributed by atoms with van der Waals surface area (Å²) in [6, 6.07) is 0. The van der Waals surface area contributed by atoms with Gasteiger partial charge in [0.15, 0.2) is 0 Å². The van der Waals surface area contributed by atoms with E-state index >= 15 is 0 Å². The van der Waals surface area contributed by atoms with E-state index in [1.54, 1.807) is 16.3 Å². The van der Waals surface area contributed by atoms with Gasteiger partial charge < -0.3 is 0 Å². The molecule has 0 unspecified atom stereocenters. The summed E-state index contributed by atoms with van der Waals surface area (Å²) in [5, 5.41) is 0. The van der Waals surface area contributed by atoms with Crippen LogP contribution in [-0.2, 0) is 3.82 Å². The van der Waals surface area contributed by atoms with Gasteiger partial charge in [-0.1, -0.05) is 0 Å². The molecule has 0 spiro atoms. The Bertz CT molecular complexity index is 44.9. The standard InChI is InChI=1S/CH3NO2Se/c2-1(3)4-5/h5H,(H2,2,3). The second-order valence-electron chi connectivity index (χ2n) is 0.410. The van der Waals surface area contributed by atoms with Crippen molar-refractivity contribution in [3.05, 3.63) is 0 Å². The molecule has 0 aromatic carbocycles. The normalized spacial score (nSPS) is 6.60. The van der Waals surface area contributed by atoms with Crippen LogP contribution >= 0.6 is 0 Å². The Morgan fingerprint density at radius 3 is 2.20 bits per heavy atom. The van der Waals surface area contributed by atoms with Crippen molar-refractivity contribution in [2.45, 2.75) is 0 Å². The van der Waals surface area contributed by atoms with Crippen molar-refractivity contribution in [2.75, 3.05) is 0 Å². The van der Waals surface area contributed by atoms with E-state index in [-0.39, 0.29) is 0 Å². The molecule has 0 heterocycles. The van der Waals surface area contributed by atoms with E-state index in [0.717, 1.165) is 0 Å². The predicted molar refractivity (Wildman–Crippen MR) is 17.8 cm³/mol. The summed E-state index contributed by atoms with van der Waals surface area (Å²) in [6.45, 7) is 0. The number of hydrogen-bond acceptors (Lipinski definition) is 2. The van der Waals surface area contributed by atoms with Crippen molar-refractivity contribution in [2.24, 2.45) is 5.73 Å². The monoisotopic (exact) mass is 141 g/mol. The van der Waals surface area contributed by atoms with Crippen LogP contribution in [0.3, 0.4) is 0 Å². The van der Waals surface area contributed by atoms with Gasteiger partial charge in [-0.25, -0.2) is 0 Å². The SMILES string of the molecule is NC(=O)O[SeH]. The summed E-state index contributed by atoms with van der Waals surface area (Å²) in [6.07, 6.45) is -0.773. The number of nitrogens with two attached hydrogens (primary N) is 1. The average molecular weight is 140 g/mol. The van der Waals surface area contributed by atoms with Crippen LogP contribution in [0.4, 0.5) is 4.79 Å². The summed E-state index contributed by atoms with van der Waals surface area (Å²) >= 11 is 1.60. The number of carbonyl (C=O) groups excluding carboxylic acids is 1. The van der Waals surface area contributed by atoms with Gasteiger partial charge in [-0.2, -0.15) is 0 Å². The van der Waals surface area contributed by atoms with E-state index < -0.39 is 6.09 Å². The fourth-order valence-electron chi connectivity index (χ4n) is 0. The Morgan fingerprint density at radius 2 is 2.20 bits per heavy atom. The van der Waals surface area contributed by atoms with Gasteiger partial charge in [-0.3, -0.25) is 0 Å². The molecule has 0 aliphatic rings. The second kappa shape index (κ2) is 2.05. The van der Waals surface area contributed by atoms with Crippen molar-refractivity contribution >= 4 is 22.4 Å². The first kappa shape index (κ1) is 4.79. The third kappa shape index (κ3) is 3.79. The van der Waals surface area contributed by atoms with Crippen molar-refractivity contribution in [1.82, 2.24) is 0 Å². The Balaban J connectivity index is 2.85. The summed E-state index contributed by atoms with van der Waals surface area (Å²) < 4.78 is 3.83. The topological polar surface area (TPSA) is 52.3 Å². The Labute approximate surface area is 37.6 Å². The first-order valence-corrected chi connectivity index (χ1v) is 1.65. The van der Waals surface area contributed by atoms with Gasteiger partial charge in [0.1, 0.15) is 0 Å². The van der Waals surface area contributed by atoms with Gasteiger partial charge in [0.05, 0.1) is 0 Å². The predicted octanol–water partition coefficient (Wildman–Crippen LogP) is -1.10. The van der Waals surface area contributed by atoms with Crippen molar-refractivity contribution in [3.8, 4) is 0 Å². The van der Waals surface area contributed by atoms with Gasteiger partial charge >= 0.3 is 36.8 Å². The molecule has 3 nitrogen and oxygen atoms in total. The fraction of sp³-hybridized carbons (Fsp3) is 0. The molecule has 0 radical (unpaired) electrons. The van der Waals surface area contributed by atoms with E-state index in [9.17, 15) is 4.79 Å². The van der Waals surface area contributed by atoms with Crippen LogP contribution in [0, 0.1) is 0 Å². The molecule has 0 saturated carbocycles. The molecule has 0 aromatic rings. The molecule has 4 heteroatoms. The third-order valence-corrected chi connectivity index (χ3v) is 0.468. The van der Waals surface area contributed by atoms with Gasteiger partial charge in [0, 0.05) is 0 Å². The van der Waals surface area contributed by atoms with Crippen LogP contribution in [0.1, 0.15) is 0 Å². The molecule has 1 amide bonds. The Morgan fingerprint density at radius 1 is 2.00 bits per heavy atom. The fourth-order valence-corrected chi connectivity index (χ4v) is 0. The van der Waals surface area contributed by atoms with Gasteiger partial charge in [0.25, 0.3) is 0 Å². The molecule has 0 aliphatic heterocycles. The van der Waals surface area contributed by atoms with Crippen LogP contribution in [0.5, 0.6) is 0 Å². The first-order valence-electron chi connectivity index (χ1n) is 0.879. The minimum atomic E-state index is -0.773. The van der Waals surface area contributed by atoms with Crippen molar-refractivity contribution in [1.29, 1.82) is 0 Å². The van der Waals surface area contributed by atoms with E-state index in [4.69, 9.17) is 0 Å². The molecule has 0 bridgehead atoms. The van der Waals surface area contributed by atoms with Crippen LogP contribution in [-0.4, -0.2) is 22.4 Å². The zero-order chi connectivity index (χ0) is 4.28. The number of amides is 1. The Hall–Kier alpha value is -0.211. The number of rotatable bonds is 0. The molecule has 0 rings (SSSR count). The van der Waals surface area contributed by atoms with Gasteiger partial charge in [0.2, 0.25) is 0 Å². The summed E-state index contributed by atoms with van der Waals surface area (Å²) in [5.41, 5.74) is 4.41. The molecular weight excluding hydrogens is 137 g/mol. The summed E-state index contributed by atoms with van der Waals surface area (Å²) in [5.74, 6) is 0. The van der Waals surface area contributed by atoms with E-state index in [1.165, 1.54) is 0 Å². The number of hydrogen-bond donors (Lipinski definition) is 1. The van der Waals surface area contributed by atoms with Crippen molar-refractivity contribution in [3.63, 3.8) is 0 Å². The van der Waals surface area contributed by atoms with E-state index in [0.29, 0.717) is 0 Å². The molecule has 0 saturated heterocycles. The molecule has 2 N–H and O–H groups in total. The molecule has 0 aliphatic carbocycles. The van der Waals surface area contributed by atoms with Crippen LogP contribution in [0.15, 0.2) is 0 Å². The number of primary amides is 1. The quantitative estimate of drug-likeness (QED) is 0.434. The second-order valence-corrected chi connectivity index (χ2v) is 0.793. The first-order chi connectivity index (χ1) is 2.27. The molecule has 5 heavy (non-hydrogen) atoms. The zero-order valence-corrected chi connectivity index (χ0v) is 4.22.